The van der Waals surface area contributed by atoms with Crippen LogP contribution in [-0.2, 0) is 16.1 Å². The monoisotopic (exact) mass is 418 g/mol. The van der Waals surface area contributed by atoms with Gasteiger partial charge in [-0.3, -0.25) is 14.6 Å². The molecule has 0 bridgehead atoms. The van der Waals surface area contributed by atoms with E-state index in [0.717, 1.165) is 10.0 Å². The van der Waals surface area contributed by atoms with Crippen molar-refractivity contribution in [1.82, 2.24) is 15.7 Å². The molecule has 2 aromatic rings. The summed E-state index contributed by atoms with van der Waals surface area (Å²) in [7, 11) is 0. The third kappa shape index (κ3) is 4.79. The maximum Gasteiger partial charge on any atom is 0.249 e. The second kappa shape index (κ2) is 8.43. The maximum atomic E-state index is 11.8. The number of amides is 2. The first kappa shape index (κ1) is 17.9. The zero-order chi connectivity index (χ0) is 18.4. The SMILES string of the molecule is O=C(CC(=O)NN=Cc1cc2c(cc1Br)OCO2)NCc1cccnc1. The number of aromatic nitrogens is 1. The summed E-state index contributed by atoms with van der Waals surface area (Å²) in [6.45, 7) is 0.487. The van der Waals surface area contributed by atoms with Crippen LogP contribution in [0.2, 0.25) is 0 Å². The summed E-state index contributed by atoms with van der Waals surface area (Å²) in [5, 5.41) is 6.50. The minimum atomic E-state index is -0.512. The highest BCUT2D eigenvalue weighted by Crippen LogP contribution is 2.36. The fraction of sp³-hybridized carbons (Fsp3) is 0.176. The summed E-state index contributed by atoms with van der Waals surface area (Å²) in [6.07, 6.45) is 4.43. The number of carbonyl (C=O) groups is 2. The highest BCUT2D eigenvalue weighted by Gasteiger charge is 2.15. The Morgan fingerprint density at radius 2 is 2.08 bits per heavy atom. The van der Waals surface area contributed by atoms with Crippen molar-refractivity contribution in [3.63, 3.8) is 0 Å². The first-order valence-electron chi connectivity index (χ1n) is 7.68. The molecule has 134 valence electrons. The molecular weight excluding hydrogens is 404 g/mol. The average Bonchev–Trinajstić information content (AvgIpc) is 3.08. The number of carbonyl (C=O) groups excluding carboxylic acids is 2. The molecular formula is C17H15BrN4O4. The van der Waals surface area contributed by atoms with Gasteiger partial charge in [0.2, 0.25) is 18.6 Å². The van der Waals surface area contributed by atoms with E-state index in [9.17, 15) is 9.59 Å². The van der Waals surface area contributed by atoms with Crippen LogP contribution in [0, 0.1) is 0 Å². The standard InChI is InChI=1S/C17H15BrN4O4/c18-13-5-15-14(25-10-26-15)4-12(13)9-21-22-17(24)6-16(23)20-8-11-2-1-3-19-7-11/h1-5,7,9H,6,8,10H2,(H,20,23)(H,22,24). The van der Waals surface area contributed by atoms with E-state index in [1.54, 1.807) is 30.6 Å². The Morgan fingerprint density at radius 3 is 2.85 bits per heavy atom. The Kier molecular flexibility index (Phi) is 5.80. The lowest BCUT2D eigenvalue weighted by Gasteiger charge is -2.04. The minimum absolute atomic E-state index is 0.174. The summed E-state index contributed by atoms with van der Waals surface area (Å²) in [4.78, 5) is 27.5. The molecule has 1 aromatic carbocycles. The van der Waals surface area contributed by atoms with Crippen LogP contribution in [0.3, 0.4) is 0 Å². The van der Waals surface area contributed by atoms with Crippen LogP contribution in [0.15, 0.2) is 46.2 Å². The van der Waals surface area contributed by atoms with Gasteiger partial charge in [-0.25, -0.2) is 5.43 Å². The van der Waals surface area contributed by atoms with Gasteiger partial charge in [0.25, 0.3) is 0 Å². The number of hydrogen-bond acceptors (Lipinski definition) is 6. The lowest BCUT2D eigenvalue weighted by atomic mass is 10.2. The summed E-state index contributed by atoms with van der Waals surface area (Å²) in [5.74, 6) is 0.340. The van der Waals surface area contributed by atoms with E-state index < -0.39 is 11.8 Å². The number of rotatable bonds is 6. The zero-order valence-corrected chi connectivity index (χ0v) is 15.2. The van der Waals surface area contributed by atoms with Crippen LogP contribution in [-0.4, -0.2) is 29.8 Å². The quantitative estimate of drug-likeness (QED) is 0.422. The fourth-order valence-electron chi connectivity index (χ4n) is 2.16. The molecule has 1 aliphatic heterocycles. The first-order valence-corrected chi connectivity index (χ1v) is 8.48. The van der Waals surface area contributed by atoms with Crippen LogP contribution in [0.4, 0.5) is 0 Å². The number of halogens is 1. The normalized spacial score (nSPS) is 12.2. The molecule has 0 unspecified atom stereocenters. The van der Waals surface area contributed by atoms with Crippen LogP contribution in [0.5, 0.6) is 11.5 Å². The van der Waals surface area contributed by atoms with Crippen LogP contribution in [0.25, 0.3) is 0 Å². The van der Waals surface area contributed by atoms with Crippen LogP contribution >= 0.6 is 15.9 Å². The van der Waals surface area contributed by atoms with Gasteiger partial charge in [0, 0.05) is 29.0 Å². The second-order valence-electron chi connectivity index (χ2n) is 5.33. The number of ether oxygens (including phenoxy) is 2. The van der Waals surface area contributed by atoms with Gasteiger partial charge in [0.1, 0.15) is 6.42 Å². The highest BCUT2D eigenvalue weighted by molar-refractivity contribution is 9.10. The molecule has 0 saturated carbocycles. The molecule has 0 fully saturated rings. The minimum Gasteiger partial charge on any atom is -0.454 e. The summed E-state index contributed by atoms with van der Waals surface area (Å²) >= 11 is 3.39. The lowest BCUT2D eigenvalue weighted by molar-refractivity contribution is -0.129. The van der Waals surface area contributed by atoms with E-state index in [0.29, 0.717) is 23.6 Å². The van der Waals surface area contributed by atoms with Gasteiger partial charge < -0.3 is 14.8 Å². The Labute approximate surface area is 157 Å². The van der Waals surface area contributed by atoms with E-state index >= 15 is 0 Å². The largest absolute Gasteiger partial charge is 0.454 e. The van der Waals surface area contributed by atoms with Crippen LogP contribution < -0.4 is 20.2 Å². The van der Waals surface area contributed by atoms with Crippen molar-refractivity contribution >= 4 is 34.0 Å². The van der Waals surface area contributed by atoms with Crippen molar-refractivity contribution in [2.75, 3.05) is 6.79 Å². The van der Waals surface area contributed by atoms with E-state index in [1.165, 1.54) is 6.21 Å². The lowest BCUT2D eigenvalue weighted by Crippen LogP contribution is -2.29. The number of hydrogen-bond donors (Lipinski definition) is 2. The molecule has 3 rings (SSSR count). The molecule has 2 heterocycles. The van der Waals surface area contributed by atoms with E-state index in [2.05, 4.69) is 36.8 Å². The fourth-order valence-corrected chi connectivity index (χ4v) is 2.58. The van der Waals surface area contributed by atoms with Crippen LogP contribution in [0.1, 0.15) is 17.5 Å². The third-order valence-corrected chi connectivity index (χ3v) is 4.11. The molecule has 9 heteroatoms. The van der Waals surface area contributed by atoms with Gasteiger partial charge in [-0.05, 0) is 39.7 Å². The first-order chi connectivity index (χ1) is 12.6. The van der Waals surface area contributed by atoms with E-state index in [-0.39, 0.29) is 13.2 Å². The Morgan fingerprint density at radius 1 is 1.27 bits per heavy atom. The van der Waals surface area contributed by atoms with Gasteiger partial charge >= 0.3 is 0 Å². The molecule has 8 nitrogen and oxygen atoms in total. The van der Waals surface area contributed by atoms with Crippen molar-refractivity contribution in [3.8, 4) is 11.5 Å². The predicted octanol–water partition coefficient (Wildman–Crippen LogP) is 1.73. The summed E-state index contributed by atoms with van der Waals surface area (Å²) < 4.78 is 11.3. The summed E-state index contributed by atoms with van der Waals surface area (Å²) in [6, 6.07) is 7.11. The Hall–Kier alpha value is -2.94. The molecule has 1 aromatic heterocycles. The van der Waals surface area contributed by atoms with Gasteiger partial charge in [-0.1, -0.05) is 6.07 Å². The number of benzene rings is 1. The maximum absolute atomic E-state index is 11.8. The van der Waals surface area contributed by atoms with Gasteiger partial charge in [0.05, 0.1) is 6.21 Å². The van der Waals surface area contributed by atoms with E-state index in [4.69, 9.17) is 9.47 Å². The summed E-state index contributed by atoms with van der Waals surface area (Å²) in [5.41, 5.74) is 3.88. The number of fused-ring (bicyclic) bond motifs is 1. The molecule has 2 amide bonds. The van der Waals surface area contributed by atoms with Gasteiger partial charge in [0.15, 0.2) is 11.5 Å². The highest BCUT2D eigenvalue weighted by atomic mass is 79.9. The van der Waals surface area contributed by atoms with Crippen molar-refractivity contribution in [1.29, 1.82) is 0 Å². The van der Waals surface area contributed by atoms with Crippen molar-refractivity contribution in [3.05, 3.63) is 52.3 Å². The Balaban J connectivity index is 1.46. The molecule has 0 atom stereocenters. The van der Waals surface area contributed by atoms with Crippen molar-refractivity contribution < 1.29 is 19.1 Å². The number of nitrogens with zero attached hydrogens (tertiary/aromatic N) is 2. The van der Waals surface area contributed by atoms with Gasteiger partial charge in [-0.15, -0.1) is 0 Å². The smallest absolute Gasteiger partial charge is 0.249 e. The van der Waals surface area contributed by atoms with Gasteiger partial charge in [-0.2, -0.15) is 5.10 Å². The zero-order valence-electron chi connectivity index (χ0n) is 13.6. The van der Waals surface area contributed by atoms with E-state index in [1.807, 2.05) is 6.07 Å². The molecule has 26 heavy (non-hydrogen) atoms. The Bertz CT molecular complexity index is 842. The number of pyridine rings is 1. The third-order valence-electron chi connectivity index (χ3n) is 3.42. The average molecular weight is 419 g/mol. The topological polar surface area (TPSA) is 102 Å². The van der Waals surface area contributed by atoms with Crippen molar-refractivity contribution in [2.24, 2.45) is 5.10 Å². The second-order valence-corrected chi connectivity index (χ2v) is 6.19. The molecule has 1 aliphatic rings. The molecule has 0 radical (unpaired) electrons. The predicted molar refractivity (Wildman–Crippen MR) is 96.7 cm³/mol. The molecule has 2 N–H and O–H groups in total. The molecule has 0 aliphatic carbocycles. The number of hydrazone groups is 1. The molecule has 0 spiro atoms. The van der Waals surface area contributed by atoms with Crippen molar-refractivity contribution in [2.45, 2.75) is 13.0 Å². The number of nitrogens with one attached hydrogen (secondary N) is 2. The molecule has 0 saturated heterocycles.